The van der Waals surface area contributed by atoms with Gasteiger partial charge in [-0.15, -0.1) is 0 Å². The van der Waals surface area contributed by atoms with Crippen LogP contribution in [0, 0.1) is 0 Å². The summed E-state index contributed by atoms with van der Waals surface area (Å²) >= 11 is 0. The van der Waals surface area contributed by atoms with Crippen LogP contribution in [0.1, 0.15) is 25.7 Å². The summed E-state index contributed by atoms with van der Waals surface area (Å²) in [6.07, 6.45) is 4.88. The van der Waals surface area contributed by atoms with Crippen LogP contribution in [0.25, 0.3) is 0 Å². The summed E-state index contributed by atoms with van der Waals surface area (Å²) in [5, 5.41) is 2.83. The molecule has 1 aliphatic carbocycles. The first-order chi connectivity index (χ1) is 8.18. The molecule has 0 radical (unpaired) electrons. The lowest BCUT2D eigenvalue weighted by Crippen LogP contribution is -2.50. The van der Waals surface area contributed by atoms with E-state index < -0.39 is 0 Å². The van der Waals surface area contributed by atoms with Gasteiger partial charge in [-0.25, -0.2) is 4.79 Å². The van der Waals surface area contributed by atoms with Crippen LogP contribution in [-0.4, -0.2) is 61.1 Å². The summed E-state index contributed by atoms with van der Waals surface area (Å²) in [6, 6.07) is 0.877. The largest absolute Gasteiger partial charge is 0.336 e. The first-order valence-corrected chi connectivity index (χ1v) is 6.67. The van der Waals surface area contributed by atoms with Crippen molar-refractivity contribution in [3.05, 3.63) is 0 Å². The number of nitrogens with zero attached hydrogens (tertiary/aromatic N) is 2. The van der Waals surface area contributed by atoms with Gasteiger partial charge in [0.1, 0.15) is 0 Å². The van der Waals surface area contributed by atoms with Gasteiger partial charge in [0.2, 0.25) is 0 Å². The molecule has 17 heavy (non-hydrogen) atoms. The Morgan fingerprint density at radius 3 is 2.88 bits per heavy atom. The number of carbonyl (C=O) groups is 1. The highest BCUT2D eigenvalue weighted by Gasteiger charge is 2.26. The highest BCUT2D eigenvalue weighted by atomic mass is 16.2. The molecule has 98 valence electrons. The Labute approximate surface area is 103 Å². The van der Waals surface area contributed by atoms with E-state index in [2.05, 4.69) is 17.3 Å². The van der Waals surface area contributed by atoms with Crippen molar-refractivity contribution < 1.29 is 4.79 Å². The molecule has 1 saturated heterocycles. The molecule has 2 atom stereocenters. The normalized spacial score (nSPS) is 29.8. The van der Waals surface area contributed by atoms with Crippen LogP contribution in [-0.2, 0) is 0 Å². The highest BCUT2D eigenvalue weighted by Crippen LogP contribution is 2.20. The fourth-order valence-electron chi connectivity index (χ4n) is 2.86. The zero-order valence-corrected chi connectivity index (χ0v) is 10.7. The predicted octanol–water partition coefficient (Wildman–Crippen LogP) is 0.213. The third kappa shape index (κ3) is 3.10. The molecule has 0 aromatic carbocycles. The fraction of sp³-hybridized carbons (Fsp3) is 0.917. The van der Waals surface area contributed by atoms with Crippen molar-refractivity contribution in [2.75, 3.05) is 33.2 Å². The first-order valence-electron chi connectivity index (χ1n) is 6.67. The molecule has 1 saturated carbocycles. The predicted molar refractivity (Wildman–Crippen MR) is 67.8 cm³/mol. The van der Waals surface area contributed by atoms with Crippen molar-refractivity contribution >= 4 is 6.03 Å². The molecule has 2 rings (SSSR count). The zero-order valence-electron chi connectivity index (χ0n) is 10.7. The van der Waals surface area contributed by atoms with Crippen molar-refractivity contribution in [2.24, 2.45) is 5.73 Å². The van der Waals surface area contributed by atoms with E-state index in [1.165, 1.54) is 19.3 Å². The second-order valence-corrected chi connectivity index (χ2v) is 5.22. The summed E-state index contributed by atoms with van der Waals surface area (Å²) in [6.45, 7) is 3.35. The quantitative estimate of drug-likeness (QED) is 0.738. The number of rotatable bonds is 4. The molecule has 0 spiro atoms. The smallest absolute Gasteiger partial charge is 0.317 e. The van der Waals surface area contributed by atoms with Gasteiger partial charge in [-0.1, -0.05) is 12.8 Å². The molecule has 2 fully saturated rings. The zero-order chi connectivity index (χ0) is 12.3. The average molecular weight is 240 g/mol. The van der Waals surface area contributed by atoms with E-state index in [-0.39, 0.29) is 6.03 Å². The molecule has 0 bridgehead atoms. The summed E-state index contributed by atoms with van der Waals surface area (Å²) in [4.78, 5) is 15.6. The number of hydrogen-bond acceptors (Lipinski definition) is 3. The number of urea groups is 1. The highest BCUT2D eigenvalue weighted by molar-refractivity contribution is 5.76. The van der Waals surface area contributed by atoms with E-state index in [9.17, 15) is 4.79 Å². The maximum absolute atomic E-state index is 11.4. The van der Waals surface area contributed by atoms with Gasteiger partial charge in [-0.3, -0.25) is 0 Å². The fourth-order valence-corrected chi connectivity index (χ4v) is 2.86. The van der Waals surface area contributed by atoms with Crippen LogP contribution in [0.5, 0.6) is 0 Å². The van der Waals surface area contributed by atoms with E-state index in [1.54, 1.807) is 0 Å². The standard InChI is InChI=1S/C12H24N4O/c1-15(11-5-3-2-4-10(11)13)8-9-16-7-6-14-12(16)17/h10-11H,2-9,13H2,1H3,(H,14,17). The van der Waals surface area contributed by atoms with E-state index >= 15 is 0 Å². The third-order valence-corrected chi connectivity index (χ3v) is 4.02. The van der Waals surface area contributed by atoms with Crippen LogP contribution >= 0.6 is 0 Å². The Bertz CT molecular complexity index is 271. The van der Waals surface area contributed by atoms with Gasteiger partial charge in [0.25, 0.3) is 0 Å². The van der Waals surface area contributed by atoms with Crippen molar-refractivity contribution in [1.29, 1.82) is 0 Å². The van der Waals surface area contributed by atoms with Gasteiger partial charge in [-0.2, -0.15) is 0 Å². The Balaban J connectivity index is 1.76. The molecular formula is C12H24N4O. The van der Waals surface area contributed by atoms with Crippen LogP contribution in [0.15, 0.2) is 0 Å². The molecular weight excluding hydrogens is 216 g/mol. The van der Waals surface area contributed by atoms with Gasteiger partial charge >= 0.3 is 6.03 Å². The molecule has 0 aromatic heterocycles. The van der Waals surface area contributed by atoms with Crippen LogP contribution in [0.4, 0.5) is 4.79 Å². The lowest BCUT2D eigenvalue weighted by atomic mass is 9.90. The maximum atomic E-state index is 11.4. The number of nitrogens with two attached hydrogens (primary N) is 1. The molecule has 0 aromatic rings. The van der Waals surface area contributed by atoms with Crippen molar-refractivity contribution in [2.45, 2.75) is 37.8 Å². The van der Waals surface area contributed by atoms with Crippen molar-refractivity contribution in [1.82, 2.24) is 15.1 Å². The van der Waals surface area contributed by atoms with Gasteiger partial charge in [0, 0.05) is 38.3 Å². The minimum Gasteiger partial charge on any atom is -0.336 e. The molecule has 1 aliphatic heterocycles. The molecule has 2 unspecified atom stereocenters. The minimum atomic E-state index is 0.0753. The molecule has 2 aliphatic rings. The molecule has 5 heteroatoms. The summed E-state index contributed by atoms with van der Waals surface area (Å²) < 4.78 is 0. The topological polar surface area (TPSA) is 61.6 Å². The third-order valence-electron chi connectivity index (χ3n) is 4.02. The second-order valence-electron chi connectivity index (χ2n) is 5.22. The minimum absolute atomic E-state index is 0.0753. The molecule has 3 N–H and O–H groups in total. The first kappa shape index (κ1) is 12.6. The molecule has 2 amide bonds. The summed E-state index contributed by atoms with van der Waals surface area (Å²) in [5.41, 5.74) is 6.16. The molecule has 5 nitrogen and oxygen atoms in total. The van der Waals surface area contributed by atoms with Gasteiger partial charge in [-0.05, 0) is 19.9 Å². The number of carbonyl (C=O) groups excluding carboxylic acids is 1. The van der Waals surface area contributed by atoms with Crippen LogP contribution in [0.3, 0.4) is 0 Å². The van der Waals surface area contributed by atoms with E-state index in [0.29, 0.717) is 12.1 Å². The lowest BCUT2D eigenvalue weighted by Gasteiger charge is -2.36. The van der Waals surface area contributed by atoms with Crippen molar-refractivity contribution in [3.8, 4) is 0 Å². The number of nitrogens with one attached hydrogen (secondary N) is 1. The van der Waals surface area contributed by atoms with Gasteiger partial charge in [0.15, 0.2) is 0 Å². The van der Waals surface area contributed by atoms with Crippen molar-refractivity contribution in [3.63, 3.8) is 0 Å². The summed E-state index contributed by atoms with van der Waals surface area (Å²) in [7, 11) is 2.13. The van der Waals surface area contributed by atoms with Gasteiger partial charge in [0.05, 0.1) is 0 Å². The summed E-state index contributed by atoms with van der Waals surface area (Å²) in [5.74, 6) is 0. The average Bonchev–Trinajstić information content (AvgIpc) is 2.72. The van der Waals surface area contributed by atoms with E-state index in [0.717, 1.165) is 32.6 Å². The van der Waals surface area contributed by atoms with E-state index in [4.69, 9.17) is 5.73 Å². The Hall–Kier alpha value is -0.810. The van der Waals surface area contributed by atoms with Crippen LogP contribution in [0.2, 0.25) is 0 Å². The Morgan fingerprint density at radius 2 is 2.24 bits per heavy atom. The maximum Gasteiger partial charge on any atom is 0.317 e. The SMILES string of the molecule is CN(CCN1CCNC1=O)C1CCCCC1N. The van der Waals surface area contributed by atoms with Crippen LogP contribution < -0.4 is 11.1 Å². The second kappa shape index (κ2) is 5.69. The lowest BCUT2D eigenvalue weighted by molar-refractivity contribution is 0.153. The van der Waals surface area contributed by atoms with E-state index in [1.807, 2.05) is 4.90 Å². The van der Waals surface area contributed by atoms with Gasteiger partial charge < -0.3 is 20.9 Å². The number of likely N-dealkylation sites (N-methyl/N-ethyl adjacent to an activating group) is 1. The Kier molecular flexibility index (Phi) is 4.23. The Morgan fingerprint density at radius 1 is 1.47 bits per heavy atom. The molecule has 1 heterocycles. The number of amides is 2. The monoisotopic (exact) mass is 240 g/mol. The number of hydrogen-bond donors (Lipinski definition) is 2.